The van der Waals surface area contributed by atoms with Crippen molar-refractivity contribution in [3.8, 4) is 0 Å². The van der Waals surface area contributed by atoms with Gasteiger partial charge in [-0.05, 0) is 15.9 Å². The van der Waals surface area contributed by atoms with Gasteiger partial charge in [-0.2, -0.15) is 0 Å². The summed E-state index contributed by atoms with van der Waals surface area (Å²) in [6.07, 6.45) is 2.67. The molecule has 0 bridgehead atoms. The first kappa shape index (κ1) is 9.17. The molecule has 0 aromatic heterocycles. The minimum absolute atomic E-state index is 0.120. The van der Waals surface area contributed by atoms with E-state index in [2.05, 4.69) is 29.1 Å². The van der Waals surface area contributed by atoms with Crippen LogP contribution in [0.5, 0.6) is 0 Å². The third kappa shape index (κ3) is 2.19. The van der Waals surface area contributed by atoms with Crippen LogP contribution in [0.4, 0.5) is 0 Å². The maximum atomic E-state index is 10.3. The Labute approximate surface area is 67.7 Å². The summed E-state index contributed by atoms with van der Waals surface area (Å²) in [4.78, 5) is 10.3. The Hall–Kier alpha value is -0.830. The number of allylic oxidation sites excluding steroid dienone is 2. The van der Waals surface area contributed by atoms with E-state index in [0.29, 0.717) is 4.48 Å². The van der Waals surface area contributed by atoms with Gasteiger partial charge in [0, 0.05) is 4.48 Å². The predicted molar refractivity (Wildman–Crippen MR) is 44.0 cm³/mol. The fourth-order valence-corrected chi connectivity index (χ4v) is 0.728. The van der Waals surface area contributed by atoms with Crippen LogP contribution in [0.3, 0.4) is 0 Å². The first-order valence-corrected chi connectivity index (χ1v) is 3.30. The molecule has 0 aliphatic carbocycles. The van der Waals surface area contributed by atoms with E-state index in [1.807, 2.05) is 0 Å². The van der Waals surface area contributed by atoms with Gasteiger partial charge < -0.3 is 5.11 Å². The third-order valence-electron chi connectivity index (χ3n) is 0.871. The Kier molecular flexibility index (Phi) is 3.72. The van der Waals surface area contributed by atoms with Gasteiger partial charge in [-0.1, -0.05) is 25.3 Å². The van der Waals surface area contributed by atoms with E-state index in [1.54, 1.807) is 0 Å². The number of hydrogen-bond donors (Lipinski definition) is 1. The SMILES string of the molecule is C=C/C(Br)=C(\C=C)C(=O)O. The highest BCUT2D eigenvalue weighted by atomic mass is 79.9. The molecule has 0 aromatic carbocycles. The molecule has 0 spiro atoms. The van der Waals surface area contributed by atoms with Crippen molar-refractivity contribution in [3.05, 3.63) is 35.4 Å². The van der Waals surface area contributed by atoms with Crippen molar-refractivity contribution in [1.82, 2.24) is 0 Å². The Bertz CT molecular complexity index is 204. The lowest BCUT2D eigenvalue weighted by Crippen LogP contribution is -1.97. The van der Waals surface area contributed by atoms with Crippen LogP contribution >= 0.6 is 15.9 Å². The normalized spacial score (nSPS) is 11.7. The predicted octanol–water partition coefficient (Wildman–Crippen LogP) is 2.09. The number of carbonyl (C=O) groups is 1. The molecule has 10 heavy (non-hydrogen) atoms. The molecule has 0 amide bonds. The van der Waals surface area contributed by atoms with E-state index in [1.165, 1.54) is 12.2 Å². The summed E-state index contributed by atoms with van der Waals surface area (Å²) in [5.74, 6) is -1.01. The Balaban J connectivity index is 4.79. The molecule has 0 aliphatic rings. The third-order valence-corrected chi connectivity index (χ3v) is 1.62. The first-order valence-electron chi connectivity index (χ1n) is 2.51. The second kappa shape index (κ2) is 4.06. The average molecular weight is 203 g/mol. The van der Waals surface area contributed by atoms with Crippen molar-refractivity contribution in [2.45, 2.75) is 0 Å². The molecule has 54 valence electrons. The highest BCUT2D eigenvalue weighted by Gasteiger charge is 2.04. The van der Waals surface area contributed by atoms with Gasteiger partial charge in [0.15, 0.2) is 0 Å². The molecule has 0 rings (SSSR count). The smallest absolute Gasteiger partial charge is 0.336 e. The van der Waals surface area contributed by atoms with Crippen LogP contribution in [0.25, 0.3) is 0 Å². The molecule has 0 fully saturated rings. The van der Waals surface area contributed by atoms with E-state index >= 15 is 0 Å². The van der Waals surface area contributed by atoms with Gasteiger partial charge >= 0.3 is 5.97 Å². The van der Waals surface area contributed by atoms with Crippen LogP contribution in [0.2, 0.25) is 0 Å². The van der Waals surface area contributed by atoms with Gasteiger partial charge in [-0.15, -0.1) is 0 Å². The first-order chi connectivity index (χ1) is 4.63. The molecule has 0 radical (unpaired) electrons. The zero-order chi connectivity index (χ0) is 8.15. The lowest BCUT2D eigenvalue weighted by Gasteiger charge is -1.93. The molecule has 0 heterocycles. The monoisotopic (exact) mass is 202 g/mol. The van der Waals surface area contributed by atoms with Crippen LogP contribution < -0.4 is 0 Å². The molecule has 1 N–H and O–H groups in total. The molecule has 0 saturated heterocycles. The summed E-state index contributed by atoms with van der Waals surface area (Å²) in [7, 11) is 0. The maximum absolute atomic E-state index is 10.3. The minimum Gasteiger partial charge on any atom is -0.478 e. The van der Waals surface area contributed by atoms with Gasteiger partial charge in [0.25, 0.3) is 0 Å². The van der Waals surface area contributed by atoms with Crippen molar-refractivity contribution < 1.29 is 9.90 Å². The second-order valence-corrected chi connectivity index (χ2v) is 2.33. The summed E-state index contributed by atoms with van der Waals surface area (Å²) in [6, 6.07) is 0. The number of aliphatic carboxylic acids is 1. The quantitative estimate of drug-likeness (QED) is 0.563. The molecule has 0 aromatic rings. The van der Waals surface area contributed by atoms with Gasteiger partial charge in [0.1, 0.15) is 0 Å². The summed E-state index contributed by atoms with van der Waals surface area (Å²) >= 11 is 3.01. The van der Waals surface area contributed by atoms with Crippen molar-refractivity contribution in [2.75, 3.05) is 0 Å². The fraction of sp³-hybridized carbons (Fsp3) is 0. The maximum Gasteiger partial charge on any atom is 0.336 e. The molecule has 0 saturated carbocycles. The highest BCUT2D eigenvalue weighted by molar-refractivity contribution is 9.12. The van der Waals surface area contributed by atoms with Crippen molar-refractivity contribution >= 4 is 21.9 Å². The average Bonchev–Trinajstić information content (AvgIpc) is 1.88. The van der Waals surface area contributed by atoms with Gasteiger partial charge in [-0.3, -0.25) is 0 Å². The molecule has 0 atom stereocenters. The van der Waals surface area contributed by atoms with Gasteiger partial charge in [-0.25, -0.2) is 4.79 Å². The van der Waals surface area contributed by atoms with E-state index in [-0.39, 0.29) is 5.57 Å². The zero-order valence-corrected chi connectivity index (χ0v) is 6.89. The second-order valence-electron chi connectivity index (χ2n) is 1.48. The number of rotatable bonds is 3. The lowest BCUT2D eigenvalue weighted by molar-refractivity contribution is -0.132. The van der Waals surface area contributed by atoms with Crippen molar-refractivity contribution in [2.24, 2.45) is 0 Å². The summed E-state index contributed by atoms with van der Waals surface area (Å²) in [6.45, 7) is 6.73. The Morgan fingerprint density at radius 1 is 1.40 bits per heavy atom. The zero-order valence-electron chi connectivity index (χ0n) is 5.30. The highest BCUT2D eigenvalue weighted by Crippen LogP contribution is 2.13. The van der Waals surface area contributed by atoms with Gasteiger partial charge in [0.05, 0.1) is 5.57 Å². The molecule has 3 heteroatoms. The largest absolute Gasteiger partial charge is 0.478 e. The molecule has 0 unspecified atom stereocenters. The molecular formula is C7H7BrO2. The van der Waals surface area contributed by atoms with Crippen molar-refractivity contribution in [1.29, 1.82) is 0 Å². The topological polar surface area (TPSA) is 37.3 Å². The fourth-order valence-electron chi connectivity index (χ4n) is 0.397. The van der Waals surface area contributed by atoms with E-state index < -0.39 is 5.97 Å². The minimum atomic E-state index is -1.01. The molecule has 2 nitrogen and oxygen atoms in total. The van der Waals surface area contributed by atoms with Crippen LogP contribution in [0.15, 0.2) is 35.4 Å². The van der Waals surface area contributed by atoms with Crippen LogP contribution in [0, 0.1) is 0 Å². The number of carboxylic acid groups (broad SMARTS) is 1. The Morgan fingerprint density at radius 3 is 2.00 bits per heavy atom. The van der Waals surface area contributed by atoms with Crippen LogP contribution in [0.1, 0.15) is 0 Å². The molecular weight excluding hydrogens is 196 g/mol. The van der Waals surface area contributed by atoms with E-state index in [9.17, 15) is 4.79 Å². The van der Waals surface area contributed by atoms with Crippen LogP contribution in [-0.4, -0.2) is 11.1 Å². The number of hydrogen-bond acceptors (Lipinski definition) is 1. The van der Waals surface area contributed by atoms with E-state index in [4.69, 9.17) is 5.11 Å². The van der Waals surface area contributed by atoms with Gasteiger partial charge in [0.2, 0.25) is 0 Å². The van der Waals surface area contributed by atoms with Crippen LogP contribution in [-0.2, 0) is 4.79 Å². The van der Waals surface area contributed by atoms with Crippen molar-refractivity contribution in [3.63, 3.8) is 0 Å². The Morgan fingerprint density at radius 2 is 1.90 bits per heavy atom. The van der Waals surface area contributed by atoms with E-state index in [0.717, 1.165) is 0 Å². The number of halogens is 1. The standard InChI is InChI=1S/C7H7BrO2/c1-3-5(7(9)10)6(8)4-2/h3-4H,1-2H2,(H,9,10)/b6-5-. The molecule has 0 aliphatic heterocycles. The summed E-state index contributed by atoms with van der Waals surface area (Å²) < 4.78 is 0.440. The number of carboxylic acids is 1. The summed E-state index contributed by atoms with van der Waals surface area (Å²) in [5, 5.41) is 8.47. The summed E-state index contributed by atoms with van der Waals surface area (Å²) in [5.41, 5.74) is 0.120. The lowest BCUT2D eigenvalue weighted by atomic mass is 10.2.